The molecule has 0 saturated carbocycles. The molecule has 0 bridgehead atoms. The van der Waals surface area contributed by atoms with Gasteiger partial charge in [-0.05, 0) is 41.1 Å². The number of sulfonamides is 1. The maximum Gasteiger partial charge on any atom is 0.327 e. The minimum Gasteiger partial charge on any atom is -0.480 e. The normalized spacial score (nSPS) is 12.4. The highest BCUT2D eigenvalue weighted by Crippen LogP contribution is 2.35. The summed E-state index contributed by atoms with van der Waals surface area (Å²) in [7, 11) is -4.52. The Morgan fingerprint density at radius 3 is 2.32 bits per heavy atom. The van der Waals surface area contributed by atoms with Crippen LogP contribution in [0.2, 0.25) is 0 Å². The van der Waals surface area contributed by atoms with Gasteiger partial charge in [0.15, 0.2) is 4.90 Å². The first-order valence-corrected chi connectivity index (χ1v) is 9.16. The minimum absolute atomic E-state index is 0.0653. The summed E-state index contributed by atoms with van der Waals surface area (Å²) < 4.78 is 27.2. The van der Waals surface area contributed by atoms with Crippen LogP contribution in [0.5, 0.6) is 0 Å². The van der Waals surface area contributed by atoms with Crippen LogP contribution in [-0.2, 0) is 14.8 Å². The molecule has 0 aliphatic carbocycles. The third-order valence-corrected chi connectivity index (χ3v) is 6.00. The fourth-order valence-electron chi connectivity index (χ4n) is 2.21. The Hall–Kier alpha value is -2.46. The van der Waals surface area contributed by atoms with Crippen LogP contribution in [0.25, 0.3) is 0 Å². The monoisotopic (exact) mass is 428 g/mol. The molecule has 0 aromatic heterocycles. The van der Waals surface area contributed by atoms with Gasteiger partial charge < -0.3 is 5.11 Å². The zero-order valence-electron chi connectivity index (χ0n) is 12.9. The molecule has 0 amide bonds. The Kier molecular flexibility index (Phi) is 5.43. The van der Waals surface area contributed by atoms with E-state index in [9.17, 15) is 28.4 Å². The lowest BCUT2D eigenvalue weighted by Gasteiger charge is -2.28. The van der Waals surface area contributed by atoms with E-state index in [0.29, 0.717) is 8.78 Å². The average Bonchev–Trinajstić information content (AvgIpc) is 2.56. The number of carboxylic acids is 1. The molecule has 0 saturated heterocycles. The van der Waals surface area contributed by atoms with Gasteiger partial charge in [0.05, 0.1) is 10.6 Å². The zero-order valence-corrected chi connectivity index (χ0v) is 15.3. The third-order valence-electron chi connectivity index (χ3n) is 3.40. The Labute approximate surface area is 152 Å². The Balaban J connectivity index is 2.76. The smallest absolute Gasteiger partial charge is 0.327 e. The molecular formula is C15H13BrN2O6S. The molecule has 0 radical (unpaired) electrons. The molecule has 2 aromatic carbocycles. The van der Waals surface area contributed by atoms with E-state index >= 15 is 0 Å². The van der Waals surface area contributed by atoms with Crippen molar-refractivity contribution in [3.63, 3.8) is 0 Å². The average molecular weight is 429 g/mol. The summed E-state index contributed by atoms with van der Waals surface area (Å²) in [5.74, 6) is -1.39. The van der Waals surface area contributed by atoms with Gasteiger partial charge in [0.2, 0.25) is 0 Å². The second-order valence-corrected chi connectivity index (χ2v) is 7.63. The van der Waals surface area contributed by atoms with Crippen molar-refractivity contribution in [1.29, 1.82) is 0 Å². The van der Waals surface area contributed by atoms with Crippen molar-refractivity contribution in [3.05, 3.63) is 63.1 Å². The molecule has 1 unspecified atom stereocenters. The summed E-state index contributed by atoms with van der Waals surface area (Å²) in [6.07, 6.45) is 0. The van der Waals surface area contributed by atoms with Crippen LogP contribution in [0.1, 0.15) is 6.92 Å². The van der Waals surface area contributed by atoms with Gasteiger partial charge in [-0.25, -0.2) is 13.2 Å². The lowest BCUT2D eigenvalue weighted by Crippen LogP contribution is -2.43. The second kappa shape index (κ2) is 7.19. The van der Waals surface area contributed by atoms with E-state index in [2.05, 4.69) is 15.9 Å². The number of carboxylic acid groups (broad SMARTS) is 1. The van der Waals surface area contributed by atoms with Gasteiger partial charge in [-0.3, -0.25) is 14.4 Å². The van der Waals surface area contributed by atoms with Crippen molar-refractivity contribution in [2.45, 2.75) is 17.9 Å². The highest BCUT2D eigenvalue weighted by molar-refractivity contribution is 9.10. The molecule has 2 rings (SSSR count). The number of benzene rings is 2. The van der Waals surface area contributed by atoms with Crippen molar-refractivity contribution in [3.8, 4) is 0 Å². The quantitative estimate of drug-likeness (QED) is 0.557. The predicted octanol–water partition coefficient (Wildman–Crippen LogP) is 3.03. The maximum absolute atomic E-state index is 13.1. The van der Waals surface area contributed by atoms with Gasteiger partial charge >= 0.3 is 5.97 Å². The van der Waals surface area contributed by atoms with E-state index in [0.717, 1.165) is 12.1 Å². The largest absolute Gasteiger partial charge is 0.480 e. The molecule has 8 nitrogen and oxygen atoms in total. The molecule has 25 heavy (non-hydrogen) atoms. The van der Waals surface area contributed by atoms with Crippen molar-refractivity contribution >= 4 is 43.3 Å². The minimum atomic E-state index is -4.52. The maximum atomic E-state index is 13.1. The van der Waals surface area contributed by atoms with Crippen LogP contribution in [0, 0.1) is 10.1 Å². The van der Waals surface area contributed by atoms with Gasteiger partial charge in [-0.2, -0.15) is 0 Å². The number of halogens is 1. The molecular weight excluding hydrogens is 416 g/mol. The molecule has 0 aliphatic rings. The van der Waals surface area contributed by atoms with Gasteiger partial charge in [0.1, 0.15) is 6.04 Å². The number of hydrogen-bond donors (Lipinski definition) is 1. The molecule has 0 fully saturated rings. The molecule has 10 heteroatoms. The number of rotatable bonds is 6. The molecule has 1 atom stereocenters. The summed E-state index contributed by atoms with van der Waals surface area (Å²) in [6, 6.07) is 9.45. The van der Waals surface area contributed by atoms with Crippen molar-refractivity contribution in [1.82, 2.24) is 0 Å². The second-order valence-electron chi connectivity index (χ2n) is 4.99. The molecule has 0 spiro atoms. The molecule has 0 aliphatic heterocycles. The highest BCUT2D eigenvalue weighted by Gasteiger charge is 2.38. The molecule has 132 valence electrons. The van der Waals surface area contributed by atoms with Gasteiger partial charge in [0, 0.05) is 10.5 Å². The number of anilines is 1. The van der Waals surface area contributed by atoms with Crippen LogP contribution in [0.4, 0.5) is 11.4 Å². The van der Waals surface area contributed by atoms with E-state index in [1.165, 1.54) is 31.2 Å². The predicted molar refractivity (Wildman–Crippen MR) is 94.0 cm³/mol. The lowest BCUT2D eigenvalue weighted by atomic mass is 10.2. The SMILES string of the molecule is CC(C(=O)O)N(c1ccccc1Br)S(=O)(=O)c1ccccc1[N+](=O)[O-]. The Bertz CT molecular complexity index is 931. The summed E-state index contributed by atoms with van der Waals surface area (Å²) in [5, 5.41) is 20.5. The van der Waals surface area contributed by atoms with Crippen LogP contribution in [0.15, 0.2) is 57.9 Å². The highest BCUT2D eigenvalue weighted by atomic mass is 79.9. The standard InChI is InChI=1S/C15H13BrN2O6S/c1-10(15(19)20)17(12-7-3-2-6-11(12)16)25(23,24)14-9-5-4-8-13(14)18(21)22/h2-10H,1H3,(H,19,20). The molecule has 1 N–H and O–H groups in total. The van der Waals surface area contributed by atoms with E-state index < -0.39 is 37.5 Å². The number of para-hydroxylation sites is 2. The first-order chi connectivity index (χ1) is 11.7. The van der Waals surface area contributed by atoms with Crippen molar-refractivity contribution in [2.75, 3.05) is 4.31 Å². The summed E-state index contributed by atoms with van der Waals surface area (Å²) in [6.45, 7) is 1.19. The first kappa shape index (κ1) is 18.9. The Morgan fingerprint density at radius 1 is 1.20 bits per heavy atom. The number of hydrogen-bond acceptors (Lipinski definition) is 5. The summed E-state index contributed by atoms with van der Waals surface area (Å²) >= 11 is 3.19. The Morgan fingerprint density at radius 2 is 1.76 bits per heavy atom. The number of carbonyl (C=O) groups is 1. The van der Waals surface area contributed by atoms with Crippen LogP contribution in [-0.4, -0.2) is 30.5 Å². The third kappa shape index (κ3) is 3.64. The number of nitro benzene ring substituents is 1. The van der Waals surface area contributed by atoms with Gasteiger partial charge in [0.25, 0.3) is 15.7 Å². The van der Waals surface area contributed by atoms with Gasteiger partial charge in [-0.1, -0.05) is 24.3 Å². The summed E-state index contributed by atoms with van der Waals surface area (Å²) in [5.41, 5.74) is -0.562. The fraction of sp³-hybridized carbons (Fsp3) is 0.133. The van der Waals surface area contributed by atoms with Crippen molar-refractivity contribution < 1.29 is 23.2 Å². The topological polar surface area (TPSA) is 118 Å². The molecule has 2 aromatic rings. The fourth-order valence-corrected chi connectivity index (χ4v) is 4.60. The van der Waals surface area contributed by atoms with Crippen LogP contribution in [0.3, 0.4) is 0 Å². The van der Waals surface area contributed by atoms with Crippen LogP contribution < -0.4 is 4.31 Å². The van der Waals surface area contributed by atoms with E-state index in [4.69, 9.17) is 0 Å². The lowest BCUT2D eigenvalue weighted by molar-refractivity contribution is -0.387. The van der Waals surface area contributed by atoms with Crippen molar-refractivity contribution in [2.24, 2.45) is 0 Å². The van der Waals surface area contributed by atoms with E-state index in [-0.39, 0.29) is 5.69 Å². The van der Waals surface area contributed by atoms with E-state index in [1.807, 2.05) is 0 Å². The number of nitrogens with zero attached hydrogens (tertiary/aromatic N) is 2. The summed E-state index contributed by atoms with van der Waals surface area (Å²) in [4.78, 5) is 21.3. The first-order valence-electron chi connectivity index (χ1n) is 6.93. The molecule has 0 heterocycles. The number of aliphatic carboxylic acids is 1. The van der Waals surface area contributed by atoms with Gasteiger partial charge in [-0.15, -0.1) is 0 Å². The van der Waals surface area contributed by atoms with E-state index in [1.54, 1.807) is 12.1 Å². The number of nitro groups is 1. The zero-order chi connectivity index (χ0) is 18.8. The van der Waals surface area contributed by atoms with Crippen LogP contribution >= 0.6 is 15.9 Å².